The molecule has 2 nitrogen and oxygen atoms in total. The van der Waals surface area contributed by atoms with E-state index in [9.17, 15) is 0 Å². The monoisotopic (exact) mass is 315 g/mol. The van der Waals surface area contributed by atoms with Gasteiger partial charge >= 0.3 is 0 Å². The third kappa shape index (κ3) is 3.54. The molecule has 0 radical (unpaired) electrons. The molecule has 0 aromatic heterocycles. The lowest BCUT2D eigenvalue weighted by molar-refractivity contribution is 0.483. The van der Waals surface area contributed by atoms with Gasteiger partial charge in [0.15, 0.2) is 0 Å². The number of ether oxygens (including phenoxy) is 1. The SMILES string of the molecule is NCCc1ccc(Oc2cccc(Cl)c2Cl)cc1Cl. The highest BCUT2D eigenvalue weighted by molar-refractivity contribution is 6.42. The van der Waals surface area contributed by atoms with Crippen LogP contribution in [-0.4, -0.2) is 6.54 Å². The summed E-state index contributed by atoms with van der Waals surface area (Å²) in [4.78, 5) is 0. The molecule has 2 aromatic carbocycles. The molecule has 0 bridgehead atoms. The zero-order valence-electron chi connectivity index (χ0n) is 10.00. The van der Waals surface area contributed by atoms with E-state index in [1.807, 2.05) is 12.1 Å². The second-order valence-electron chi connectivity index (χ2n) is 3.95. The summed E-state index contributed by atoms with van der Waals surface area (Å²) in [6.07, 6.45) is 0.733. The second kappa shape index (κ2) is 6.49. The van der Waals surface area contributed by atoms with Gasteiger partial charge in [-0.15, -0.1) is 0 Å². The molecule has 0 aliphatic heterocycles. The zero-order valence-corrected chi connectivity index (χ0v) is 12.3. The van der Waals surface area contributed by atoms with Crippen molar-refractivity contribution in [3.63, 3.8) is 0 Å². The number of benzene rings is 2. The normalized spacial score (nSPS) is 10.5. The van der Waals surface area contributed by atoms with Crippen molar-refractivity contribution in [1.29, 1.82) is 0 Å². The number of rotatable bonds is 4. The van der Waals surface area contributed by atoms with Gasteiger partial charge in [-0.3, -0.25) is 0 Å². The van der Waals surface area contributed by atoms with Gasteiger partial charge in [0.25, 0.3) is 0 Å². The average Bonchev–Trinajstić information content (AvgIpc) is 2.38. The van der Waals surface area contributed by atoms with Gasteiger partial charge < -0.3 is 10.5 Å². The van der Waals surface area contributed by atoms with Crippen molar-refractivity contribution in [2.45, 2.75) is 6.42 Å². The molecule has 0 unspecified atom stereocenters. The van der Waals surface area contributed by atoms with E-state index in [4.69, 9.17) is 45.3 Å². The van der Waals surface area contributed by atoms with Crippen LogP contribution in [0.5, 0.6) is 11.5 Å². The van der Waals surface area contributed by atoms with E-state index in [0.717, 1.165) is 12.0 Å². The summed E-state index contributed by atoms with van der Waals surface area (Å²) in [5, 5.41) is 1.46. The van der Waals surface area contributed by atoms with Crippen molar-refractivity contribution in [2.24, 2.45) is 5.73 Å². The van der Waals surface area contributed by atoms with E-state index in [2.05, 4.69) is 0 Å². The Labute approximate surface area is 127 Å². The van der Waals surface area contributed by atoms with Crippen LogP contribution in [0.3, 0.4) is 0 Å². The Bertz CT molecular complexity index is 587. The topological polar surface area (TPSA) is 35.2 Å². The molecule has 0 heterocycles. The molecule has 2 rings (SSSR count). The Morgan fingerprint density at radius 1 is 1.00 bits per heavy atom. The third-order valence-corrected chi connectivity index (χ3v) is 3.74. The predicted octanol–water partition coefficient (Wildman–Crippen LogP) is 4.94. The lowest BCUT2D eigenvalue weighted by Gasteiger charge is -2.10. The standard InChI is InChI=1S/C14H12Cl3NO/c15-11-2-1-3-13(14(11)17)19-10-5-4-9(6-7-18)12(16)8-10/h1-5,8H,6-7,18H2. The minimum atomic E-state index is 0.381. The summed E-state index contributed by atoms with van der Waals surface area (Å²) < 4.78 is 5.67. The maximum Gasteiger partial charge on any atom is 0.147 e. The quantitative estimate of drug-likeness (QED) is 0.867. The molecule has 0 atom stereocenters. The average molecular weight is 317 g/mol. The van der Waals surface area contributed by atoms with Crippen LogP contribution < -0.4 is 10.5 Å². The Balaban J connectivity index is 2.24. The molecule has 0 aliphatic carbocycles. The van der Waals surface area contributed by atoms with E-state index < -0.39 is 0 Å². The van der Waals surface area contributed by atoms with Gasteiger partial charge in [0.2, 0.25) is 0 Å². The summed E-state index contributed by atoms with van der Waals surface area (Å²) in [5.74, 6) is 1.10. The maximum atomic E-state index is 6.15. The Hall–Kier alpha value is -0.930. The van der Waals surface area contributed by atoms with E-state index in [1.165, 1.54) is 0 Å². The number of nitrogens with two attached hydrogens (primary N) is 1. The molecule has 100 valence electrons. The van der Waals surface area contributed by atoms with Crippen LogP contribution in [0.1, 0.15) is 5.56 Å². The predicted molar refractivity (Wildman–Crippen MR) is 80.7 cm³/mol. The van der Waals surface area contributed by atoms with Crippen molar-refractivity contribution < 1.29 is 4.74 Å². The molecule has 5 heteroatoms. The first kappa shape index (κ1) is 14.5. The smallest absolute Gasteiger partial charge is 0.147 e. The highest BCUT2D eigenvalue weighted by Gasteiger charge is 2.08. The Morgan fingerprint density at radius 2 is 1.79 bits per heavy atom. The van der Waals surface area contributed by atoms with Crippen LogP contribution in [0.4, 0.5) is 0 Å². The summed E-state index contributed by atoms with van der Waals surface area (Å²) in [5.41, 5.74) is 6.50. The first-order valence-electron chi connectivity index (χ1n) is 5.72. The van der Waals surface area contributed by atoms with Crippen molar-refractivity contribution >= 4 is 34.8 Å². The molecule has 0 saturated heterocycles. The molecule has 0 aliphatic rings. The van der Waals surface area contributed by atoms with Gasteiger partial charge in [-0.2, -0.15) is 0 Å². The van der Waals surface area contributed by atoms with Gasteiger partial charge in [-0.25, -0.2) is 0 Å². The van der Waals surface area contributed by atoms with Crippen LogP contribution in [0.25, 0.3) is 0 Å². The summed E-state index contributed by atoms with van der Waals surface area (Å²) in [6.45, 7) is 0.556. The number of hydrogen-bond acceptors (Lipinski definition) is 2. The lowest BCUT2D eigenvalue weighted by Crippen LogP contribution is -2.03. The molecule has 19 heavy (non-hydrogen) atoms. The van der Waals surface area contributed by atoms with Crippen molar-refractivity contribution in [1.82, 2.24) is 0 Å². The highest BCUT2D eigenvalue weighted by atomic mass is 35.5. The van der Waals surface area contributed by atoms with Crippen molar-refractivity contribution in [3.8, 4) is 11.5 Å². The van der Waals surface area contributed by atoms with Crippen molar-refractivity contribution in [3.05, 3.63) is 57.0 Å². The summed E-state index contributed by atoms with van der Waals surface area (Å²) in [7, 11) is 0. The fourth-order valence-electron chi connectivity index (χ4n) is 1.64. The summed E-state index contributed by atoms with van der Waals surface area (Å²) in [6, 6.07) is 10.7. The Morgan fingerprint density at radius 3 is 2.47 bits per heavy atom. The van der Waals surface area contributed by atoms with Crippen LogP contribution in [0.2, 0.25) is 15.1 Å². The highest BCUT2D eigenvalue weighted by Crippen LogP contribution is 2.35. The third-order valence-electron chi connectivity index (χ3n) is 2.58. The summed E-state index contributed by atoms with van der Waals surface area (Å²) >= 11 is 18.1. The van der Waals surface area contributed by atoms with E-state index in [-0.39, 0.29) is 0 Å². The van der Waals surface area contributed by atoms with Gasteiger partial charge in [-0.1, -0.05) is 46.9 Å². The van der Waals surface area contributed by atoms with Crippen LogP contribution in [-0.2, 0) is 6.42 Å². The molecular weight excluding hydrogens is 305 g/mol. The molecular formula is C14H12Cl3NO. The van der Waals surface area contributed by atoms with Gasteiger partial charge in [0.1, 0.15) is 16.5 Å². The van der Waals surface area contributed by atoms with Crippen LogP contribution in [0.15, 0.2) is 36.4 Å². The van der Waals surface area contributed by atoms with E-state index in [0.29, 0.717) is 33.1 Å². The zero-order chi connectivity index (χ0) is 13.8. The van der Waals surface area contributed by atoms with Gasteiger partial charge in [0, 0.05) is 5.02 Å². The van der Waals surface area contributed by atoms with Gasteiger partial charge in [0.05, 0.1) is 5.02 Å². The molecule has 2 N–H and O–H groups in total. The first-order chi connectivity index (χ1) is 9.11. The number of hydrogen-bond donors (Lipinski definition) is 1. The van der Waals surface area contributed by atoms with Gasteiger partial charge in [-0.05, 0) is 42.8 Å². The Kier molecular flexibility index (Phi) is 4.94. The van der Waals surface area contributed by atoms with Crippen LogP contribution in [0, 0.1) is 0 Å². The molecule has 2 aromatic rings. The largest absolute Gasteiger partial charge is 0.456 e. The number of halogens is 3. The van der Waals surface area contributed by atoms with E-state index >= 15 is 0 Å². The molecule has 0 fully saturated rings. The molecule has 0 amide bonds. The minimum Gasteiger partial charge on any atom is -0.456 e. The fourth-order valence-corrected chi connectivity index (χ4v) is 2.24. The first-order valence-corrected chi connectivity index (χ1v) is 6.85. The second-order valence-corrected chi connectivity index (χ2v) is 5.14. The lowest BCUT2D eigenvalue weighted by atomic mass is 10.1. The fraction of sp³-hybridized carbons (Fsp3) is 0.143. The molecule has 0 spiro atoms. The van der Waals surface area contributed by atoms with Crippen LogP contribution >= 0.6 is 34.8 Å². The maximum absolute atomic E-state index is 6.15. The van der Waals surface area contributed by atoms with Crippen molar-refractivity contribution in [2.75, 3.05) is 6.54 Å². The van der Waals surface area contributed by atoms with E-state index in [1.54, 1.807) is 24.3 Å². The minimum absolute atomic E-state index is 0.381. The molecule has 0 saturated carbocycles.